The number of likely N-dealkylation sites (tertiary alicyclic amines) is 2. The molecule has 0 N–H and O–H groups in total. The molecule has 4 heteroatoms. The molecule has 2 atom stereocenters. The largest absolute Gasteiger partial charge is 0.378 e. The maximum atomic E-state index is 12.3. The van der Waals surface area contributed by atoms with E-state index in [1.165, 1.54) is 25.8 Å². The van der Waals surface area contributed by atoms with Gasteiger partial charge in [0.25, 0.3) is 0 Å². The molecule has 0 spiro atoms. The predicted octanol–water partition coefficient (Wildman–Crippen LogP) is 1.89. The average Bonchev–Trinajstić information content (AvgIpc) is 2.96. The van der Waals surface area contributed by atoms with Crippen molar-refractivity contribution in [3.8, 4) is 0 Å². The molecular formula is C15H28N2O2. The van der Waals surface area contributed by atoms with Crippen LogP contribution in [0.1, 0.15) is 46.0 Å². The van der Waals surface area contributed by atoms with Gasteiger partial charge >= 0.3 is 0 Å². The smallest absolute Gasteiger partial charge is 0.225 e. The third-order valence-corrected chi connectivity index (χ3v) is 4.41. The van der Waals surface area contributed by atoms with Gasteiger partial charge in [-0.25, -0.2) is 0 Å². The Labute approximate surface area is 117 Å². The van der Waals surface area contributed by atoms with Gasteiger partial charge in [0.05, 0.1) is 19.1 Å². The van der Waals surface area contributed by atoms with E-state index < -0.39 is 0 Å². The molecule has 0 radical (unpaired) electrons. The molecule has 2 saturated heterocycles. The van der Waals surface area contributed by atoms with Crippen LogP contribution in [0.5, 0.6) is 0 Å². The Kier molecular flexibility index (Phi) is 5.22. The Morgan fingerprint density at radius 2 is 1.89 bits per heavy atom. The molecule has 0 bridgehead atoms. The summed E-state index contributed by atoms with van der Waals surface area (Å²) in [5, 5.41) is 0. The highest BCUT2D eigenvalue weighted by Gasteiger charge is 2.37. The zero-order valence-corrected chi connectivity index (χ0v) is 12.6. The van der Waals surface area contributed by atoms with Crippen LogP contribution >= 0.6 is 0 Å². The zero-order valence-electron chi connectivity index (χ0n) is 12.6. The van der Waals surface area contributed by atoms with Crippen molar-refractivity contribution in [1.82, 2.24) is 9.80 Å². The molecule has 0 aromatic heterocycles. The van der Waals surface area contributed by atoms with Crippen molar-refractivity contribution in [2.75, 3.05) is 26.7 Å². The van der Waals surface area contributed by atoms with Gasteiger partial charge in [-0.2, -0.15) is 0 Å². The number of carbonyl (C=O) groups excluding carboxylic acids is 1. The van der Waals surface area contributed by atoms with Crippen LogP contribution in [-0.4, -0.2) is 60.6 Å². The number of nitrogens with zero attached hydrogens (tertiary/aromatic N) is 2. The van der Waals surface area contributed by atoms with Crippen molar-refractivity contribution in [2.24, 2.45) is 0 Å². The molecule has 2 heterocycles. The van der Waals surface area contributed by atoms with Gasteiger partial charge in [0.15, 0.2) is 0 Å². The second-order valence-electron chi connectivity index (χ2n) is 6.16. The molecule has 0 aliphatic carbocycles. The van der Waals surface area contributed by atoms with Gasteiger partial charge in [-0.15, -0.1) is 0 Å². The predicted molar refractivity (Wildman–Crippen MR) is 76.1 cm³/mol. The highest BCUT2D eigenvalue weighted by Crippen LogP contribution is 2.29. The molecule has 0 aromatic rings. The zero-order chi connectivity index (χ0) is 13.8. The molecule has 4 nitrogen and oxygen atoms in total. The third-order valence-electron chi connectivity index (χ3n) is 4.41. The Balaban J connectivity index is 1.85. The summed E-state index contributed by atoms with van der Waals surface area (Å²) in [6.45, 7) is 6.70. The maximum Gasteiger partial charge on any atom is 0.225 e. The lowest BCUT2D eigenvalue weighted by Crippen LogP contribution is -2.47. The van der Waals surface area contributed by atoms with Crippen molar-refractivity contribution >= 4 is 5.91 Å². The van der Waals surface area contributed by atoms with Crippen LogP contribution in [0.4, 0.5) is 0 Å². The van der Waals surface area contributed by atoms with Crippen LogP contribution in [0.15, 0.2) is 0 Å². The molecule has 2 rings (SSSR count). The molecule has 1 amide bonds. The minimum absolute atomic E-state index is 0.211. The van der Waals surface area contributed by atoms with Crippen molar-refractivity contribution in [3.63, 3.8) is 0 Å². The van der Waals surface area contributed by atoms with Crippen molar-refractivity contribution in [1.29, 1.82) is 0 Å². The van der Waals surface area contributed by atoms with Gasteiger partial charge in [-0.05, 0) is 53.1 Å². The van der Waals surface area contributed by atoms with E-state index in [9.17, 15) is 4.79 Å². The van der Waals surface area contributed by atoms with E-state index in [1.54, 1.807) is 0 Å². The van der Waals surface area contributed by atoms with E-state index in [0.29, 0.717) is 25.1 Å². The number of rotatable bonds is 5. The van der Waals surface area contributed by atoms with E-state index in [0.717, 1.165) is 13.0 Å². The fourth-order valence-electron chi connectivity index (χ4n) is 3.45. The van der Waals surface area contributed by atoms with Gasteiger partial charge in [-0.1, -0.05) is 0 Å². The van der Waals surface area contributed by atoms with E-state index in [2.05, 4.69) is 16.8 Å². The van der Waals surface area contributed by atoms with E-state index in [-0.39, 0.29) is 12.0 Å². The third kappa shape index (κ3) is 3.69. The SMILES string of the molecule is CC(C)OCCC(=O)N1CCC[C@@H]1[C@@H]1CCCN1C. The summed E-state index contributed by atoms with van der Waals surface area (Å²) in [6.07, 6.45) is 5.59. The van der Waals surface area contributed by atoms with Crippen LogP contribution in [0.3, 0.4) is 0 Å². The van der Waals surface area contributed by atoms with E-state index >= 15 is 0 Å². The Hall–Kier alpha value is -0.610. The number of carbonyl (C=O) groups is 1. The van der Waals surface area contributed by atoms with Crippen LogP contribution in [-0.2, 0) is 9.53 Å². The second-order valence-corrected chi connectivity index (χ2v) is 6.16. The van der Waals surface area contributed by atoms with Crippen LogP contribution in [0.25, 0.3) is 0 Å². The minimum Gasteiger partial charge on any atom is -0.378 e. The summed E-state index contributed by atoms with van der Waals surface area (Å²) in [5.74, 6) is 0.281. The number of hydrogen-bond acceptors (Lipinski definition) is 3. The number of hydrogen-bond donors (Lipinski definition) is 0. The highest BCUT2D eigenvalue weighted by molar-refractivity contribution is 5.77. The molecule has 2 aliphatic rings. The van der Waals surface area contributed by atoms with Gasteiger partial charge in [0.2, 0.25) is 5.91 Å². The molecule has 19 heavy (non-hydrogen) atoms. The summed E-state index contributed by atoms with van der Waals surface area (Å²) in [6, 6.07) is 1.02. The van der Waals surface area contributed by atoms with E-state index in [1.807, 2.05) is 13.8 Å². The Morgan fingerprint density at radius 1 is 1.21 bits per heavy atom. The molecule has 0 unspecified atom stereocenters. The lowest BCUT2D eigenvalue weighted by Gasteiger charge is -2.33. The van der Waals surface area contributed by atoms with Crippen LogP contribution in [0.2, 0.25) is 0 Å². The molecule has 0 aromatic carbocycles. The normalized spacial score (nSPS) is 28.5. The van der Waals surface area contributed by atoms with E-state index in [4.69, 9.17) is 4.74 Å². The Morgan fingerprint density at radius 3 is 2.53 bits per heavy atom. The lowest BCUT2D eigenvalue weighted by atomic mass is 10.0. The molecular weight excluding hydrogens is 240 g/mol. The summed E-state index contributed by atoms with van der Waals surface area (Å²) in [4.78, 5) is 16.9. The first-order valence-electron chi connectivity index (χ1n) is 7.71. The monoisotopic (exact) mass is 268 g/mol. The lowest BCUT2D eigenvalue weighted by molar-refractivity contribution is -0.134. The summed E-state index contributed by atoms with van der Waals surface area (Å²) in [5.41, 5.74) is 0. The number of ether oxygens (including phenoxy) is 1. The Bertz CT molecular complexity index is 307. The standard InChI is InChI=1S/C15H28N2O2/c1-12(2)19-11-8-15(18)17-10-5-7-14(17)13-6-4-9-16(13)3/h12-14H,4-11H2,1-3H3/t13-,14+/m0/s1. The fourth-order valence-corrected chi connectivity index (χ4v) is 3.45. The van der Waals surface area contributed by atoms with Gasteiger partial charge in [-0.3, -0.25) is 4.79 Å². The summed E-state index contributed by atoms with van der Waals surface area (Å²) < 4.78 is 5.50. The first-order valence-corrected chi connectivity index (χ1v) is 7.71. The highest BCUT2D eigenvalue weighted by atomic mass is 16.5. The molecule has 2 aliphatic heterocycles. The summed E-state index contributed by atoms with van der Waals surface area (Å²) >= 11 is 0. The molecule has 2 fully saturated rings. The maximum absolute atomic E-state index is 12.3. The summed E-state index contributed by atoms with van der Waals surface area (Å²) in [7, 11) is 2.19. The topological polar surface area (TPSA) is 32.8 Å². The van der Waals surface area contributed by atoms with Crippen LogP contribution in [0, 0.1) is 0 Å². The molecule has 110 valence electrons. The van der Waals surface area contributed by atoms with Crippen molar-refractivity contribution in [2.45, 2.75) is 64.1 Å². The van der Waals surface area contributed by atoms with Crippen molar-refractivity contribution < 1.29 is 9.53 Å². The molecule has 0 saturated carbocycles. The van der Waals surface area contributed by atoms with Gasteiger partial charge in [0, 0.05) is 18.6 Å². The van der Waals surface area contributed by atoms with Crippen molar-refractivity contribution in [3.05, 3.63) is 0 Å². The van der Waals surface area contributed by atoms with Gasteiger partial charge < -0.3 is 14.5 Å². The first-order chi connectivity index (χ1) is 9.09. The average molecular weight is 268 g/mol. The number of amides is 1. The van der Waals surface area contributed by atoms with Gasteiger partial charge in [0.1, 0.15) is 0 Å². The van der Waals surface area contributed by atoms with Crippen LogP contribution < -0.4 is 0 Å². The minimum atomic E-state index is 0.211. The first kappa shape index (κ1) is 14.8. The second kappa shape index (κ2) is 6.71. The fraction of sp³-hybridized carbons (Fsp3) is 0.933. The number of likely N-dealkylation sites (N-methyl/N-ethyl adjacent to an activating group) is 1. The quantitative estimate of drug-likeness (QED) is 0.763.